The van der Waals surface area contributed by atoms with Gasteiger partial charge in [0.2, 0.25) is 0 Å². The first-order valence-electron chi connectivity index (χ1n) is 4.63. The van der Waals surface area contributed by atoms with E-state index in [1.54, 1.807) is 4.68 Å². The fraction of sp³-hybridized carbons (Fsp3) is 0.667. The number of Topliss-reactive ketones (excluding diaryl/α,β-unsaturated/α-hetero) is 1. The Kier molecular flexibility index (Phi) is 2.12. The Morgan fingerprint density at radius 1 is 1.69 bits per heavy atom. The molecule has 4 heteroatoms. The maximum atomic E-state index is 11.3. The number of aryl methyl sites for hydroxylation is 2. The molecule has 0 aliphatic heterocycles. The van der Waals surface area contributed by atoms with E-state index >= 15 is 0 Å². The van der Waals surface area contributed by atoms with E-state index in [9.17, 15) is 4.79 Å². The van der Waals surface area contributed by atoms with Crippen LogP contribution in [0.15, 0.2) is 6.20 Å². The van der Waals surface area contributed by atoms with Crippen LogP contribution in [0.4, 0.5) is 0 Å². The van der Waals surface area contributed by atoms with Gasteiger partial charge in [0.1, 0.15) is 5.78 Å². The van der Waals surface area contributed by atoms with Gasteiger partial charge in [-0.05, 0) is 12.8 Å². The van der Waals surface area contributed by atoms with Gasteiger partial charge >= 0.3 is 0 Å². The molecule has 1 aromatic rings. The third-order valence-corrected chi connectivity index (χ3v) is 2.31. The zero-order valence-electron chi connectivity index (χ0n) is 7.73. The second-order valence-electron chi connectivity index (χ2n) is 3.62. The van der Waals surface area contributed by atoms with E-state index in [-0.39, 0.29) is 0 Å². The minimum absolute atomic E-state index is 0.372. The SMILES string of the molecule is Cn1cc(CCC(=O)C2CC2)nn1. The number of aromatic nitrogens is 3. The molecule has 0 saturated heterocycles. The van der Waals surface area contributed by atoms with E-state index in [2.05, 4.69) is 10.3 Å². The summed E-state index contributed by atoms with van der Waals surface area (Å²) >= 11 is 0. The molecule has 1 aliphatic rings. The summed E-state index contributed by atoms with van der Waals surface area (Å²) < 4.78 is 1.66. The number of carbonyl (C=O) groups excluding carboxylic acids is 1. The summed E-state index contributed by atoms with van der Waals surface area (Å²) in [6.07, 6.45) is 5.42. The van der Waals surface area contributed by atoms with Crippen molar-refractivity contribution >= 4 is 5.78 Å². The fourth-order valence-electron chi connectivity index (χ4n) is 1.37. The van der Waals surface area contributed by atoms with Gasteiger partial charge in [-0.25, -0.2) is 0 Å². The summed E-state index contributed by atoms with van der Waals surface area (Å²) in [5.74, 6) is 0.766. The molecule has 1 aliphatic carbocycles. The second kappa shape index (κ2) is 3.28. The second-order valence-corrected chi connectivity index (χ2v) is 3.62. The molecule has 1 heterocycles. The van der Waals surface area contributed by atoms with Gasteiger partial charge in [0.15, 0.2) is 0 Å². The van der Waals surface area contributed by atoms with E-state index in [0.717, 1.165) is 25.0 Å². The Balaban J connectivity index is 1.81. The number of rotatable bonds is 4. The van der Waals surface area contributed by atoms with Crippen LogP contribution in [0.25, 0.3) is 0 Å². The molecule has 1 saturated carbocycles. The molecular weight excluding hydrogens is 166 g/mol. The first-order valence-corrected chi connectivity index (χ1v) is 4.63. The van der Waals surface area contributed by atoms with Gasteiger partial charge in [0.25, 0.3) is 0 Å². The van der Waals surface area contributed by atoms with Crippen LogP contribution in [-0.2, 0) is 18.3 Å². The van der Waals surface area contributed by atoms with Gasteiger partial charge in [-0.3, -0.25) is 9.48 Å². The molecule has 0 bridgehead atoms. The number of carbonyl (C=O) groups is 1. The minimum Gasteiger partial charge on any atom is -0.299 e. The van der Waals surface area contributed by atoms with Crippen molar-refractivity contribution in [3.05, 3.63) is 11.9 Å². The lowest BCUT2D eigenvalue weighted by Gasteiger charge is -1.93. The number of ketones is 1. The van der Waals surface area contributed by atoms with Crippen molar-refractivity contribution in [1.82, 2.24) is 15.0 Å². The quantitative estimate of drug-likeness (QED) is 0.684. The van der Waals surface area contributed by atoms with Crippen LogP contribution in [0.2, 0.25) is 0 Å². The number of hydrogen-bond acceptors (Lipinski definition) is 3. The molecule has 1 fully saturated rings. The van der Waals surface area contributed by atoms with E-state index < -0.39 is 0 Å². The fourth-order valence-corrected chi connectivity index (χ4v) is 1.37. The van der Waals surface area contributed by atoms with Crippen LogP contribution >= 0.6 is 0 Å². The molecule has 2 rings (SSSR count). The Morgan fingerprint density at radius 2 is 2.46 bits per heavy atom. The highest BCUT2D eigenvalue weighted by Gasteiger charge is 2.28. The summed E-state index contributed by atoms with van der Waals surface area (Å²) in [5, 5.41) is 7.74. The Bertz CT molecular complexity index is 314. The monoisotopic (exact) mass is 179 g/mol. The maximum Gasteiger partial charge on any atom is 0.136 e. The molecule has 0 N–H and O–H groups in total. The standard InChI is InChI=1S/C9H13N3O/c1-12-6-8(10-11-12)4-5-9(13)7-2-3-7/h6-7H,2-5H2,1H3. The molecular formula is C9H13N3O. The highest BCUT2D eigenvalue weighted by Crippen LogP contribution is 2.31. The largest absolute Gasteiger partial charge is 0.299 e. The Labute approximate surface area is 76.9 Å². The molecule has 0 unspecified atom stereocenters. The highest BCUT2D eigenvalue weighted by atomic mass is 16.1. The first kappa shape index (κ1) is 8.41. The van der Waals surface area contributed by atoms with Crippen LogP contribution in [-0.4, -0.2) is 20.8 Å². The maximum absolute atomic E-state index is 11.3. The van der Waals surface area contributed by atoms with Crippen molar-refractivity contribution < 1.29 is 4.79 Å². The van der Waals surface area contributed by atoms with Crippen LogP contribution in [0.1, 0.15) is 25.0 Å². The van der Waals surface area contributed by atoms with Crippen molar-refractivity contribution in [3.63, 3.8) is 0 Å². The van der Waals surface area contributed by atoms with Crippen molar-refractivity contribution in [3.8, 4) is 0 Å². The highest BCUT2D eigenvalue weighted by molar-refractivity contribution is 5.83. The van der Waals surface area contributed by atoms with Crippen molar-refractivity contribution in [2.75, 3.05) is 0 Å². The average molecular weight is 179 g/mol. The molecule has 0 aromatic carbocycles. The molecule has 0 radical (unpaired) electrons. The lowest BCUT2D eigenvalue weighted by molar-refractivity contribution is -0.120. The molecule has 13 heavy (non-hydrogen) atoms. The predicted octanol–water partition coefficient (Wildman–Crippen LogP) is 0.727. The van der Waals surface area contributed by atoms with Gasteiger partial charge in [-0.1, -0.05) is 5.21 Å². The number of hydrogen-bond donors (Lipinski definition) is 0. The lowest BCUT2D eigenvalue weighted by atomic mass is 10.1. The molecule has 0 amide bonds. The molecule has 70 valence electrons. The summed E-state index contributed by atoms with van der Waals surface area (Å²) in [4.78, 5) is 11.3. The zero-order valence-corrected chi connectivity index (χ0v) is 7.73. The summed E-state index contributed by atoms with van der Waals surface area (Å²) in [7, 11) is 1.83. The van der Waals surface area contributed by atoms with Gasteiger partial charge in [-0.2, -0.15) is 0 Å². The first-order chi connectivity index (χ1) is 6.25. The summed E-state index contributed by atoms with van der Waals surface area (Å²) in [6.45, 7) is 0. The predicted molar refractivity (Wildman–Crippen MR) is 47.1 cm³/mol. The van der Waals surface area contributed by atoms with Crippen molar-refractivity contribution in [1.29, 1.82) is 0 Å². The number of nitrogens with zero attached hydrogens (tertiary/aromatic N) is 3. The van der Waals surface area contributed by atoms with Crippen LogP contribution < -0.4 is 0 Å². The average Bonchev–Trinajstić information content (AvgIpc) is 2.87. The smallest absolute Gasteiger partial charge is 0.136 e. The van der Waals surface area contributed by atoms with Crippen molar-refractivity contribution in [2.45, 2.75) is 25.7 Å². The van der Waals surface area contributed by atoms with Crippen LogP contribution in [0.5, 0.6) is 0 Å². The van der Waals surface area contributed by atoms with Gasteiger partial charge in [-0.15, -0.1) is 5.10 Å². The van der Waals surface area contributed by atoms with Gasteiger partial charge < -0.3 is 0 Å². The minimum atomic E-state index is 0.372. The van der Waals surface area contributed by atoms with Crippen LogP contribution in [0, 0.1) is 5.92 Å². The van der Waals surface area contributed by atoms with E-state index in [1.165, 1.54) is 0 Å². The Morgan fingerprint density at radius 3 is 3.00 bits per heavy atom. The molecule has 1 aromatic heterocycles. The lowest BCUT2D eigenvalue weighted by Crippen LogP contribution is -2.02. The normalized spacial score (nSPS) is 16.1. The summed E-state index contributed by atoms with van der Waals surface area (Å²) in [5.41, 5.74) is 0.913. The van der Waals surface area contributed by atoms with E-state index in [1.807, 2.05) is 13.2 Å². The molecule has 0 atom stereocenters. The molecule has 4 nitrogen and oxygen atoms in total. The third kappa shape index (κ3) is 2.14. The van der Waals surface area contributed by atoms with E-state index in [4.69, 9.17) is 0 Å². The third-order valence-electron chi connectivity index (χ3n) is 2.31. The van der Waals surface area contributed by atoms with Gasteiger partial charge in [0.05, 0.1) is 5.69 Å². The summed E-state index contributed by atoms with van der Waals surface area (Å²) in [6, 6.07) is 0. The Hall–Kier alpha value is -1.19. The van der Waals surface area contributed by atoms with E-state index in [0.29, 0.717) is 18.1 Å². The van der Waals surface area contributed by atoms with Crippen molar-refractivity contribution in [2.24, 2.45) is 13.0 Å². The topological polar surface area (TPSA) is 47.8 Å². The zero-order chi connectivity index (χ0) is 9.26. The molecule has 0 spiro atoms. The van der Waals surface area contributed by atoms with Gasteiger partial charge in [0, 0.05) is 32.0 Å². The van der Waals surface area contributed by atoms with Crippen LogP contribution in [0.3, 0.4) is 0 Å².